The molecule has 1 N–H and O–H groups in total. The third-order valence-electron chi connectivity index (χ3n) is 4.58. The minimum Gasteiger partial charge on any atom is -0.496 e. The van der Waals surface area contributed by atoms with Crippen LogP contribution in [0.5, 0.6) is 11.6 Å². The van der Waals surface area contributed by atoms with Crippen LogP contribution in [0, 0.1) is 13.8 Å². The average Bonchev–Trinajstić information content (AvgIpc) is 2.65. The molecule has 0 aromatic carbocycles. The van der Waals surface area contributed by atoms with Gasteiger partial charge in [0, 0.05) is 32.9 Å². The van der Waals surface area contributed by atoms with Gasteiger partial charge in [-0.15, -0.1) is 0 Å². The summed E-state index contributed by atoms with van der Waals surface area (Å²) in [6.45, 7) is 8.13. The molecule has 2 aromatic rings. The molecular weight excluding hydrogens is 342 g/mol. The van der Waals surface area contributed by atoms with E-state index in [9.17, 15) is 0 Å². The maximum atomic E-state index is 6.05. The Balaban J connectivity index is 2.58. The van der Waals surface area contributed by atoms with Crippen LogP contribution in [0.1, 0.15) is 37.9 Å². The maximum absolute atomic E-state index is 6.05. The number of nitrogens with zero attached hydrogens (tertiary/aromatic N) is 4. The van der Waals surface area contributed by atoms with Crippen LogP contribution < -0.4 is 19.7 Å². The number of rotatable bonds is 8. The minimum atomic E-state index is 0.120. The van der Waals surface area contributed by atoms with Gasteiger partial charge in [-0.1, -0.05) is 13.8 Å². The topological polar surface area (TPSA) is 72.4 Å². The zero-order chi connectivity index (χ0) is 20.1. The number of methoxy groups -OCH3 is 1. The third-order valence-corrected chi connectivity index (χ3v) is 4.58. The largest absolute Gasteiger partial charge is 0.496 e. The Hall–Kier alpha value is -2.57. The lowest BCUT2D eigenvalue weighted by Crippen LogP contribution is -2.17. The van der Waals surface area contributed by atoms with Crippen molar-refractivity contribution >= 4 is 11.6 Å². The Morgan fingerprint density at radius 3 is 2.33 bits per heavy atom. The van der Waals surface area contributed by atoms with Crippen molar-refractivity contribution < 1.29 is 9.47 Å². The number of hydrogen-bond donors (Lipinski definition) is 1. The maximum Gasteiger partial charge on any atom is 0.257 e. The summed E-state index contributed by atoms with van der Waals surface area (Å²) in [7, 11) is 7.40. The molecule has 0 spiro atoms. The molecule has 0 aliphatic carbocycles. The van der Waals surface area contributed by atoms with Gasteiger partial charge in [-0.25, -0.2) is 15.0 Å². The van der Waals surface area contributed by atoms with Gasteiger partial charge in [0.1, 0.15) is 17.7 Å². The summed E-state index contributed by atoms with van der Waals surface area (Å²) in [4.78, 5) is 16.0. The Morgan fingerprint density at radius 2 is 1.81 bits per heavy atom. The van der Waals surface area contributed by atoms with Gasteiger partial charge in [-0.2, -0.15) is 0 Å². The van der Waals surface area contributed by atoms with E-state index in [-0.39, 0.29) is 6.10 Å². The fourth-order valence-corrected chi connectivity index (χ4v) is 3.08. The van der Waals surface area contributed by atoms with Crippen molar-refractivity contribution in [3.63, 3.8) is 0 Å². The predicted octanol–water partition coefficient (Wildman–Crippen LogP) is 3.84. The SMILES string of the molecule is CCC(CC)Oc1nc(C)c(-c2cnc(N(C)C)c(C)c2OC)nc1NC. The molecule has 7 heteroatoms. The molecule has 2 rings (SSSR count). The Morgan fingerprint density at radius 1 is 1.15 bits per heavy atom. The molecule has 0 unspecified atom stereocenters. The summed E-state index contributed by atoms with van der Waals surface area (Å²) in [5.74, 6) is 2.76. The second-order valence-corrected chi connectivity index (χ2v) is 6.67. The molecule has 0 aliphatic rings. The van der Waals surface area contributed by atoms with Crippen LogP contribution in [0.25, 0.3) is 11.3 Å². The number of pyridine rings is 1. The molecule has 0 saturated heterocycles. The number of nitrogens with one attached hydrogen (secondary N) is 1. The summed E-state index contributed by atoms with van der Waals surface area (Å²) in [6.07, 6.45) is 3.75. The highest BCUT2D eigenvalue weighted by Crippen LogP contribution is 2.38. The standard InChI is InChI=1S/C20H31N5O2/c1-9-14(10-2)27-20-18(21-5)24-16(13(4)23-20)15-11-22-19(25(6)7)12(3)17(15)26-8/h11,14H,9-10H2,1-8H3,(H,21,24). The van der Waals surface area contributed by atoms with Crippen LogP contribution in [-0.2, 0) is 0 Å². The van der Waals surface area contributed by atoms with E-state index in [0.29, 0.717) is 11.7 Å². The molecule has 148 valence electrons. The van der Waals surface area contributed by atoms with Crippen molar-refractivity contribution in [1.82, 2.24) is 15.0 Å². The highest BCUT2D eigenvalue weighted by molar-refractivity contribution is 5.74. The van der Waals surface area contributed by atoms with E-state index in [0.717, 1.165) is 46.9 Å². The molecule has 0 radical (unpaired) electrons. The van der Waals surface area contributed by atoms with E-state index in [1.807, 2.05) is 39.9 Å². The van der Waals surface area contributed by atoms with Gasteiger partial charge in [0.2, 0.25) is 0 Å². The zero-order valence-corrected chi connectivity index (χ0v) is 17.7. The van der Waals surface area contributed by atoms with Gasteiger partial charge in [0.15, 0.2) is 5.82 Å². The van der Waals surface area contributed by atoms with Crippen LogP contribution in [0.15, 0.2) is 6.20 Å². The lowest BCUT2D eigenvalue weighted by atomic mass is 10.1. The Labute approximate surface area is 162 Å². The average molecular weight is 374 g/mol. The van der Waals surface area contributed by atoms with Gasteiger partial charge in [0.25, 0.3) is 5.88 Å². The molecule has 27 heavy (non-hydrogen) atoms. The van der Waals surface area contributed by atoms with E-state index in [2.05, 4.69) is 29.1 Å². The van der Waals surface area contributed by atoms with E-state index in [1.54, 1.807) is 13.3 Å². The number of aryl methyl sites for hydroxylation is 1. The molecule has 0 atom stereocenters. The van der Waals surface area contributed by atoms with E-state index >= 15 is 0 Å². The first-order valence-electron chi connectivity index (χ1n) is 9.32. The molecular formula is C20H31N5O2. The first kappa shape index (κ1) is 20.7. The smallest absolute Gasteiger partial charge is 0.257 e. The van der Waals surface area contributed by atoms with E-state index in [1.165, 1.54) is 0 Å². The molecule has 0 fully saturated rings. The van der Waals surface area contributed by atoms with Crippen molar-refractivity contribution in [2.45, 2.75) is 46.6 Å². The van der Waals surface area contributed by atoms with Crippen molar-refractivity contribution in [2.24, 2.45) is 0 Å². The zero-order valence-electron chi connectivity index (χ0n) is 17.7. The summed E-state index contributed by atoms with van der Waals surface area (Å²) < 4.78 is 11.7. The van der Waals surface area contributed by atoms with Crippen LogP contribution >= 0.6 is 0 Å². The lowest BCUT2D eigenvalue weighted by Gasteiger charge is -2.21. The highest BCUT2D eigenvalue weighted by atomic mass is 16.5. The molecule has 0 aliphatic heterocycles. The molecule has 0 amide bonds. The number of hydrogen-bond acceptors (Lipinski definition) is 7. The van der Waals surface area contributed by atoms with Crippen molar-refractivity contribution in [3.8, 4) is 22.9 Å². The quantitative estimate of drug-likeness (QED) is 0.753. The van der Waals surface area contributed by atoms with Crippen LogP contribution in [0.4, 0.5) is 11.6 Å². The van der Waals surface area contributed by atoms with Gasteiger partial charge < -0.3 is 19.7 Å². The van der Waals surface area contributed by atoms with Gasteiger partial charge in [-0.05, 0) is 26.7 Å². The summed E-state index contributed by atoms with van der Waals surface area (Å²) in [5, 5.41) is 3.10. The second kappa shape index (κ2) is 8.88. The van der Waals surface area contributed by atoms with Crippen molar-refractivity contribution in [1.29, 1.82) is 0 Å². The molecule has 2 aromatic heterocycles. The number of anilines is 2. The lowest BCUT2D eigenvalue weighted by molar-refractivity contribution is 0.185. The van der Waals surface area contributed by atoms with Gasteiger partial charge in [-0.3, -0.25) is 0 Å². The fraction of sp³-hybridized carbons (Fsp3) is 0.550. The van der Waals surface area contributed by atoms with Crippen LogP contribution in [0.3, 0.4) is 0 Å². The summed E-state index contributed by atoms with van der Waals surface area (Å²) in [5.41, 5.74) is 3.28. The van der Waals surface area contributed by atoms with Crippen molar-refractivity contribution in [3.05, 3.63) is 17.5 Å². The normalized spacial score (nSPS) is 10.9. The second-order valence-electron chi connectivity index (χ2n) is 6.67. The van der Waals surface area contributed by atoms with Crippen LogP contribution in [-0.4, -0.2) is 49.3 Å². The monoisotopic (exact) mass is 373 g/mol. The molecule has 2 heterocycles. The first-order chi connectivity index (χ1) is 12.9. The van der Waals surface area contributed by atoms with E-state index in [4.69, 9.17) is 14.5 Å². The van der Waals surface area contributed by atoms with Crippen molar-refractivity contribution in [2.75, 3.05) is 38.5 Å². The first-order valence-corrected chi connectivity index (χ1v) is 9.32. The minimum absolute atomic E-state index is 0.120. The third kappa shape index (κ3) is 4.23. The molecule has 0 bridgehead atoms. The summed E-state index contributed by atoms with van der Waals surface area (Å²) in [6, 6.07) is 0. The molecule has 0 saturated carbocycles. The number of ether oxygens (including phenoxy) is 2. The Bertz CT molecular complexity index is 788. The molecule has 7 nitrogen and oxygen atoms in total. The highest BCUT2D eigenvalue weighted by Gasteiger charge is 2.21. The van der Waals surface area contributed by atoms with Crippen LogP contribution in [0.2, 0.25) is 0 Å². The summed E-state index contributed by atoms with van der Waals surface area (Å²) >= 11 is 0. The van der Waals surface area contributed by atoms with Gasteiger partial charge in [0.05, 0.1) is 24.1 Å². The Kier molecular flexibility index (Phi) is 6.82. The van der Waals surface area contributed by atoms with Gasteiger partial charge >= 0.3 is 0 Å². The fourth-order valence-electron chi connectivity index (χ4n) is 3.08. The number of aromatic nitrogens is 3. The van der Waals surface area contributed by atoms with E-state index < -0.39 is 0 Å². The predicted molar refractivity (Wildman–Crippen MR) is 110 cm³/mol.